The normalized spacial score (nSPS) is 12.2. The first-order valence-electron chi connectivity index (χ1n) is 7.85. The number of amides is 2. The number of aromatic nitrogens is 2. The van der Waals surface area contributed by atoms with Crippen molar-refractivity contribution in [3.8, 4) is 5.69 Å². The smallest absolute Gasteiger partial charge is 0.315 e. The summed E-state index contributed by atoms with van der Waals surface area (Å²) in [7, 11) is 0. The summed E-state index contributed by atoms with van der Waals surface area (Å²) in [6.07, 6.45) is 3.78. The molecule has 0 saturated heterocycles. The Morgan fingerprint density at radius 2 is 2.00 bits per heavy atom. The Balaban J connectivity index is 1.74. The second kappa shape index (κ2) is 8.33. The molecule has 0 aliphatic heterocycles. The minimum absolute atomic E-state index is 0.198. The molecule has 1 atom stereocenters. The molecule has 2 aromatic rings. The Morgan fingerprint density at radius 1 is 1.26 bits per heavy atom. The molecule has 23 heavy (non-hydrogen) atoms. The van der Waals surface area contributed by atoms with Crippen molar-refractivity contribution < 1.29 is 9.90 Å². The van der Waals surface area contributed by atoms with Crippen LogP contribution in [0.3, 0.4) is 0 Å². The summed E-state index contributed by atoms with van der Waals surface area (Å²) >= 11 is 0. The highest BCUT2D eigenvalue weighted by Gasteiger charge is 2.09. The topological polar surface area (TPSA) is 79.2 Å². The highest BCUT2D eigenvalue weighted by molar-refractivity contribution is 5.73. The van der Waals surface area contributed by atoms with Crippen LogP contribution < -0.4 is 10.6 Å². The van der Waals surface area contributed by atoms with Gasteiger partial charge in [-0.2, -0.15) is 5.10 Å². The van der Waals surface area contributed by atoms with Gasteiger partial charge in [0.05, 0.1) is 18.0 Å². The van der Waals surface area contributed by atoms with Crippen LogP contribution in [0.15, 0.2) is 42.7 Å². The molecule has 0 fully saturated rings. The lowest BCUT2D eigenvalue weighted by molar-refractivity contribution is 0.116. The molecule has 1 aromatic carbocycles. The minimum atomic E-state index is -0.389. The number of urea groups is 1. The summed E-state index contributed by atoms with van der Waals surface area (Å²) < 4.78 is 1.77. The van der Waals surface area contributed by atoms with Gasteiger partial charge in [-0.3, -0.25) is 0 Å². The first-order chi connectivity index (χ1) is 11.1. The predicted molar refractivity (Wildman–Crippen MR) is 89.3 cm³/mol. The number of carbonyl (C=O) groups excluding carboxylic acids is 1. The zero-order valence-electron chi connectivity index (χ0n) is 13.6. The SMILES string of the molecule is CC(C)C(O)CCNC(=O)NCc1cnn(-c2ccccc2)c1. The summed E-state index contributed by atoms with van der Waals surface area (Å²) in [6.45, 7) is 4.77. The number of hydrogen-bond acceptors (Lipinski definition) is 3. The maximum Gasteiger partial charge on any atom is 0.315 e. The van der Waals surface area contributed by atoms with Gasteiger partial charge < -0.3 is 15.7 Å². The van der Waals surface area contributed by atoms with Gasteiger partial charge in [-0.05, 0) is 24.5 Å². The van der Waals surface area contributed by atoms with E-state index in [1.807, 2.05) is 50.4 Å². The van der Waals surface area contributed by atoms with Gasteiger partial charge in [0.2, 0.25) is 0 Å². The number of rotatable bonds is 7. The fourth-order valence-electron chi connectivity index (χ4n) is 2.09. The van der Waals surface area contributed by atoms with E-state index in [4.69, 9.17) is 0 Å². The second-order valence-electron chi connectivity index (χ2n) is 5.84. The second-order valence-corrected chi connectivity index (χ2v) is 5.84. The van der Waals surface area contributed by atoms with E-state index in [1.54, 1.807) is 10.9 Å². The minimum Gasteiger partial charge on any atom is -0.393 e. The van der Waals surface area contributed by atoms with Gasteiger partial charge in [0, 0.05) is 24.8 Å². The Labute approximate surface area is 136 Å². The maximum atomic E-state index is 11.7. The van der Waals surface area contributed by atoms with E-state index in [1.165, 1.54) is 0 Å². The van der Waals surface area contributed by atoms with Crippen LogP contribution in [0.1, 0.15) is 25.8 Å². The van der Waals surface area contributed by atoms with Crippen molar-refractivity contribution in [2.75, 3.05) is 6.54 Å². The monoisotopic (exact) mass is 316 g/mol. The zero-order valence-corrected chi connectivity index (χ0v) is 13.6. The van der Waals surface area contributed by atoms with E-state index in [9.17, 15) is 9.90 Å². The number of aliphatic hydroxyl groups excluding tert-OH is 1. The van der Waals surface area contributed by atoms with Gasteiger partial charge in [0.15, 0.2) is 0 Å². The van der Waals surface area contributed by atoms with Crippen molar-refractivity contribution in [1.82, 2.24) is 20.4 Å². The molecule has 2 amide bonds. The number of nitrogens with one attached hydrogen (secondary N) is 2. The van der Waals surface area contributed by atoms with Crippen LogP contribution in [0.4, 0.5) is 4.79 Å². The van der Waals surface area contributed by atoms with Crippen LogP contribution in [0.5, 0.6) is 0 Å². The molecule has 6 nitrogen and oxygen atoms in total. The molecule has 0 bridgehead atoms. The van der Waals surface area contributed by atoms with Crippen LogP contribution in [0.25, 0.3) is 5.69 Å². The molecule has 0 aliphatic rings. The average Bonchev–Trinajstić information content (AvgIpc) is 3.02. The van der Waals surface area contributed by atoms with Crippen LogP contribution in [0, 0.1) is 5.92 Å². The molecule has 1 heterocycles. The van der Waals surface area contributed by atoms with Gasteiger partial charge >= 0.3 is 6.03 Å². The van der Waals surface area contributed by atoms with Crippen molar-refractivity contribution in [2.45, 2.75) is 32.9 Å². The molecule has 0 spiro atoms. The standard InChI is InChI=1S/C17H24N4O2/c1-13(2)16(22)8-9-18-17(23)19-10-14-11-20-21(12-14)15-6-4-3-5-7-15/h3-7,11-13,16,22H,8-10H2,1-2H3,(H2,18,19,23). The van der Waals surface area contributed by atoms with Crippen molar-refractivity contribution in [2.24, 2.45) is 5.92 Å². The molecule has 0 saturated carbocycles. The molecular formula is C17H24N4O2. The summed E-state index contributed by atoms with van der Waals surface area (Å²) in [5.74, 6) is 0.198. The van der Waals surface area contributed by atoms with Crippen LogP contribution in [0.2, 0.25) is 0 Å². The highest BCUT2D eigenvalue weighted by Crippen LogP contribution is 2.07. The Hall–Kier alpha value is -2.34. The van der Waals surface area contributed by atoms with E-state index in [0.717, 1.165) is 11.3 Å². The number of benzene rings is 1. The van der Waals surface area contributed by atoms with Gasteiger partial charge in [0.25, 0.3) is 0 Å². The van der Waals surface area contributed by atoms with E-state index in [-0.39, 0.29) is 18.1 Å². The van der Waals surface area contributed by atoms with Gasteiger partial charge in [-0.15, -0.1) is 0 Å². The molecule has 6 heteroatoms. The van der Waals surface area contributed by atoms with Crippen molar-refractivity contribution in [1.29, 1.82) is 0 Å². The van der Waals surface area contributed by atoms with Crippen LogP contribution in [-0.2, 0) is 6.54 Å². The number of hydrogen-bond donors (Lipinski definition) is 3. The zero-order chi connectivity index (χ0) is 16.7. The summed E-state index contributed by atoms with van der Waals surface area (Å²) in [4.78, 5) is 11.7. The third-order valence-corrected chi connectivity index (χ3v) is 3.61. The number of nitrogens with zero attached hydrogens (tertiary/aromatic N) is 2. The third kappa shape index (κ3) is 5.41. The fourth-order valence-corrected chi connectivity index (χ4v) is 2.09. The number of carbonyl (C=O) groups is 1. The van der Waals surface area contributed by atoms with E-state index < -0.39 is 0 Å². The summed E-state index contributed by atoms with van der Waals surface area (Å²) in [6, 6.07) is 9.56. The lowest BCUT2D eigenvalue weighted by Crippen LogP contribution is -2.37. The van der Waals surface area contributed by atoms with E-state index >= 15 is 0 Å². The Morgan fingerprint density at radius 3 is 2.70 bits per heavy atom. The molecule has 1 aromatic heterocycles. The van der Waals surface area contributed by atoms with Crippen molar-refractivity contribution >= 4 is 6.03 Å². The van der Waals surface area contributed by atoms with Crippen molar-refractivity contribution in [3.63, 3.8) is 0 Å². The maximum absolute atomic E-state index is 11.7. The van der Waals surface area contributed by atoms with Crippen molar-refractivity contribution in [3.05, 3.63) is 48.3 Å². The molecule has 1 unspecified atom stereocenters. The lowest BCUT2D eigenvalue weighted by Gasteiger charge is -2.14. The first kappa shape index (κ1) is 17.0. The van der Waals surface area contributed by atoms with E-state index in [2.05, 4.69) is 15.7 Å². The molecule has 0 radical (unpaired) electrons. The molecule has 3 N–H and O–H groups in total. The summed E-state index contributed by atoms with van der Waals surface area (Å²) in [5.41, 5.74) is 1.90. The van der Waals surface area contributed by atoms with Gasteiger partial charge in [-0.1, -0.05) is 32.0 Å². The predicted octanol–water partition coefficient (Wildman–Crippen LogP) is 2.08. The quantitative estimate of drug-likeness (QED) is 0.732. The van der Waals surface area contributed by atoms with Crippen LogP contribution in [-0.4, -0.2) is 33.6 Å². The first-order valence-corrected chi connectivity index (χ1v) is 7.85. The third-order valence-electron chi connectivity index (χ3n) is 3.61. The molecule has 0 aliphatic carbocycles. The Bertz CT molecular complexity index is 610. The number of aliphatic hydroxyl groups is 1. The highest BCUT2D eigenvalue weighted by atomic mass is 16.3. The molecule has 2 rings (SSSR count). The molecule has 124 valence electrons. The average molecular weight is 316 g/mol. The summed E-state index contributed by atoms with van der Waals surface area (Å²) in [5, 5.41) is 19.5. The van der Waals surface area contributed by atoms with Crippen LogP contribution >= 0.6 is 0 Å². The number of para-hydroxylation sites is 1. The molecular weight excluding hydrogens is 292 g/mol. The fraction of sp³-hybridized carbons (Fsp3) is 0.412. The largest absolute Gasteiger partial charge is 0.393 e. The Kier molecular flexibility index (Phi) is 6.17. The lowest BCUT2D eigenvalue weighted by atomic mass is 10.0. The van der Waals surface area contributed by atoms with Gasteiger partial charge in [-0.25, -0.2) is 9.48 Å². The van der Waals surface area contributed by atoms with E-state index in [0.29, 0.717) is 19.5 Å². The van der Waals surface area contributed by atoms with Gasteiger partial charge in [0.1, 0.15) is 0 Å².